The first-order valence-corrected chi connectivity index (χ1v) is 3.55. The summed E-state index contributed by atoms with van der Waals surface area (Å²) in [4.78, 5) is 7.65. The molecule has 0 aliphatic carbocycles. The molecule has 0 aromatic carbocycles. The van der Waals surface area contributed by atoms with Crippen molar-refractivity contribution in [3.05, 3.63) is 16.8 Å². The molecule has 1 aliphatic rings. The minimum absolute atomic E-state index is 0.0819. The van der Waals surface area contributed by atoms with Gasteiger partial charge in [0.15, 0.2) is 0 Å². The lowest BCUT2D eigenvalue weighted by molar-refractivity contribution is 0.599. The monoisotopic (exact) mass is 221 g/mol. The third-order valence-electron chi connectivity index (χ3n) is 1.05. The van der Waals surface area contributed by atoms with E-state index in [0.29, 0.717) is 4.90 Å². The Morgan fingerprint density at radius 2 is 2.55 bits per heavy atom. The van der Waals surface area contributed by atoms with Gasteiger partial charge in [-0.05, 0) is 28.3 Å². The minimum Gasteiger partial charge on any atom is -0.341 e. The van der Waals surface area contributed by atoms with E-state index in [1.807, 2.05) is 0 Å². The van der Waals surface area contributed by atoms with E-state index in [1.165, 1.54) is 0 Å². The predicted molar refractivity (Wildman–Crippen MR) is 46.6 cm³/mol. The van der Waals surface area contributed by atoms with Crippen LogP contribution in [0, 0.1) is 0 Å². The molecule has 0 N–H and O–H groups in total. The van der Waals surface area contributed by atoms with E-state index in [0.717, 1.165) is 0 Å². The van der Waals surface area contributed by atoms with Crippen LogP contribution >= 0.6 is 15.9 Å². The summed E-state index contributed by atoms with van der Waals surface area (Å²) in [7, 11) is 0. The summed E-state index contributed by atoms with van der Waals surface area (Å²) in [5, 5.41) is 0. The lowest BCUT2D eigenvalue weighted by Crippen LogP contribution is -2.38. The second kappa shape index (κ2) is 2.77. The molecule has 1 saturated heterocycles. The molecule has 1 aliphatic heterocycles. The van der Waals surface area contributed by atoms with Crippen molar-refractivity contribution in [2.45, 2.75) is 6.37 Å². The van der Waals surface area contributed by atoms with Gasteiger partial charge in [0.05, 0.1) is 2.74 Å². The van der Waals surface area contributed by atoms with Crippen LogP contribution in [0.25, 0.3) is 0 Å². The van der Waals surface area contributed by atoms with Crippen molar-refractivity contribution >= 4 is 21.9 Å². The Morgan fingerprint density at radius 1 is 1.73 bits per heavy atom. The van der Waals surface area contributed by atoms with Crippen molar-refractivity contribution in [2.24, 2.45) is 0 Å². The molecule has 1 fully saturated rings. The van der Waals surface area contributed by atoms with Crippen LogP contribution in [0.1, 0.15) is 17.3 Å². The van der Waals surface area contributed by atoms with Gasteiger partial charge in [0.2, 0.25) is 5.95 Å². The Morgan fingerprint density at radius 3 is 3.27 bits per heavy atom. The number of anilines is 1. The van der Waals surface area contributed by atoms with Crippen LogP contribution < -0.4 is 4.90 Å². The van der Waals surface area contributed by atoms with Crippen molar-refractivity contribution in [1.82, 2.24) is 9.97 Å². The van der Waals surface area contributed by atoms with E-state index in [2.05, 4.69) is 25.9 Å². The van der Waals surface area contributed by atoms with E-state index in [9.17, 15) is 0 Å². The molecule has 0 atom stereocenters. The SMILES string of the molecule is [2H]c1nc(N2C([2H])([2H])C([2H])([2H])C2([2H])[2H])nc(Br)c1[2H]. The molecule has 0 unspecified atom stereocenters. The van der Waals surface area contributed by atoms with Crippen LogP contribution in [0.3, 0.4) is 0 Å². The quantitative estimate of drug-likeness (QED) is 0.673. The van der Waals surface area contributed by atoms with Crippen LogP contribution in [0.5, 0.6) is 0 Å². The van der Waals surface area contributed by atoms with Crippen LogP contribution in [-0.2, 0) is 0 Å². The average Bonchev–Trinajstić information content (AvgIpc) is 2.24. The zero-order valence-electron chi connectivity index (χ0n) is 13.2. The highest BCUT2D eigenvalue weighted by molar-refractivity contribution is 9.10. The fraction of sp³-hybridized carbons (Fsp3) is 0.429. The van der Waals surface area contributed by atoms with Gasteiger partial charge in [0, 0.05) is 27.4 Å². The average molecular weight is 222 g/mol. The van der Waals surface area contributed by atoms with Crippen LogP contribution in [0.4, 0.5) is 5.95 Å². The van der Waals surface area contributed by atoms with Gasteiger partial charge in [0.1, 0.15) is 4.60 Å². The normalized spacial score (nSPS) is 40.6. The van der Waals surface area contributed by atoms with Crippen molar-refractivity contribution in [2.75, 3.05) is 17.9 Å². The van der Waals surface area contributed by atoms with Gasteiger partial charge in [-0.25, -0.2) is 9.97 Å². The van der Waals surface area contributed by atoms with Crippen molar-refractivity contribution < 1.29 is 11.0 Å². The Hall–Kier alpha value is -0.640. The molecule has 0 saturated carbocycles. The van der Waals surface area contributed by atoms with Crippen LogP contribution in [0.15, 0.2) is 16.8 Å². The van der Waals surface area contributed by atoms with Gasteiger partial charge < -0.3 is 4.90 Å². The maximum atomic E-state index is 7.59. The summed E-state index contributed by atoms with van der Waals surface area (Å²) in [6.07, 6.45) is -3.24. The number of nitrogens with zero attached hydrogens (tertiary/aromatic N) is 3. The summed E-state index contributed by atoms with van der Waals surface area (Å²) in [5.74, 6) is -0.474. The number of halogens is 1. The third-order valence-corrected chi connectivity index (χ3v) is 1.42. The highest BCUT2D eigenvalue weighted by Gasteiger charge is 2.16. The minimum atomic E-state index is -2.74. The molecule has 1 aromatic rings. The zero-order chi connectivity index (χ0) is 14.8. The number of hydrogen-bond donors (Lipinski definition) is 0. The first-order chi connectivity index (χ1) is 8.44. The number of aromatic nitrogens is 2. The molecular weight excluding hydrogens is 206 g/mol. The second-order valence-corrected chi connectivity index (χ2v) is 2.49. The molecule has 58 valence electrons. The summed E-state index contributed by atoms with van der Waals surface area (Å²) in [6.45, 7) is -5.29. The maximum absolute atomic E-state index is 7.59. The Kier molecular flexibility index (Phi) is 0.610. The Labute approximate surface area is 84.8 Å². The van der Waals surface area contributed by atoms with Crippen molar-refractivity contribution in [1.29, 1.82) is 0 Å². The van der Waals surface area contributed by atoms with Gasteiger partial charge in [-0.1, -0.05) is 0 Å². The van der Waals surface area contributed by atoms with Crippen LogP contribution in [0.2, 0.25) is 0 Å². The highest BCUT2D eigenvalue weighted by atomic mass is 79.9. The van der Waals surface area contributed by atoms with Gasteiger partial charge >= 0.3 is 0 Å². The molecule has 0 radical (unpaired) electrons. The molecule has 2 rings (SSSR count). The Balaban J connectivity index is 2.55. The molecule has 2 heterocycles. The smallest absolute Gasteiger partial charge is 0.226 e. The van der Waals surface area contributed by atoms with Crippen LogP contribution in [-0.4, -0.2) is 23.0 Å². The molecule has 0 bridgehead atoms. The summed E-state index contributed by atoms with van der Waals surface area (Å²) >= 11 is 2.90. The van der Waals surface area contributed by atoms with E-state index < -0.39 is 31.5 Å². The van der Waals surface area contributed by atoms with E-state index in [1.54, 1.807) is 0 Å². The first kappa shape index (κ1) is 2.42. The molecule has 0 amide bonds. The lowest BCUT2D eigenvalue weighted by atomic mass is 10.2. The topological polar surface area (TPSA) is 29.0 Å². The van der Waals surface area contributed by atoms with E-state index >= 15 is 0 Å². The third kappa shape index (κ3) is 1.35. The van der Waals surface area contributed by atoms with Gasteiger partial charge in [0.25, 0.3) is 0 Å². The zero-order valence-corrected chi connectivity index (χ0v) is 6.81. The van der Waals surface area contributed by atoms with Gasteiger partial charge in [-0.2, -0.15) is 0 Å². The van der Waals surface area contributed by atoms with Gasteiger partial charge in [-0.15, -0.1) is 0 Å². The fourth-order valence-electron chi connectivity index (χ4n) is 0.577. The standard InChI is InChI=1S/C7H8BrN3/c8-6-2-3-9-7(10-6)11-4-1-5-11/h2-3H,1,4-5H2/i1D2,2D,3D,4D2,5D2. The maximum Gasteiger partial charge on any atom is 0.226 e. The molecular formula is C7H8BrN3. The molecule has 0 spiro atoms. The predicted octanol–water partition coefficient (Wildman–Crippen LogP) is 1.45. The van der Waals surface area contributed by atoms with Crippen molar-refractivity contribution in [3.63, 3.8) is 0 Å². The molecule has 11 heavy (non-hydrogen) atoms. The molecule has 1 aromatic heterocycles. The Bertz CT molecular complexity index is 506. The summed E-state index contributed by atoms with van der Waals surface area (Å²) < 4.78 is 59.9. The van der Waals surface area contributed by atoms with Gasteiger partial charge in [-0.3, -0.25) is 0 Å². The second-order valence-electron chi connectivity index (χ2n) is 1.74. The van der Waals surface area contributed by atoms with E-state index in [-0.39, 0.29) is 10.6 Å². The number of hydrogen-bond acceptors (Lipinski definition) is 3. The fourth-order valence-corrected chi connectivity index (χ4v) is 0.824. The highest BCUT2D eigenvalue weighted by Crippen LogP contribution is 2.16. The first-order valence-electron chi connectivity index (χ1n) is 6.75. The number of rotatable bonds is 1. The summed E-state index contributed by atoms with van der Waals surface area (Å²) in [6, 6.07) is -0.312. The van der Waals surface area contributed by atoms with E-state index in [4.69, 9.17) is 11.0 Å². The van der Waals surface area contributed by atoms with Crippen molar-refractivity contribution in [3.8, 4) is 0 Å². The molecule has 3 nitrogen and oxygen atoms in total. The molecule has 4 heteroatoms. The summed E-state index contributed by atoms with van der Waals surface area (Å²) in [5.41, 5.74) is 0. The lowest BCUT2D eigenvalue weighted by Gasteiger charge is -2.30. The largest absolute Gasteiger partial charge is 0.341 e.